The van der Waals surface area contributed by atoms with Gasteiger partial charge in [0.15, 0.2) is 0 Å². The Bertz CT molecular complexity index is 516. The number of aromatic nitrogens is 1. The molecule has 0 aliphatic heterocycles. The molecule has 15 heavy (non-hydrogen) atoms. The topological polar surface area (TPSA) is 27.8 Å². The maximum Gasteiger partial charge on any atom is 0.127 e. The third-order valence-electron chi connectivity index (χ3n) is 3.30. The molecule has 2 aromatic rings. The minimum absolute atomic E-state index is 0.0803. The van der Waals surface area contributed by atoms with Gasteiger partial charge in [0.05, 0.1) is 0 Å². The van der Waals surface area contributed by atoms with Crippen LogP contribution in [0, 0.1) is 5.82 Å². The van der Waals surface area contributed by atoms with E-state index in [9.17, 15) is 4.39 Å². The van der Waals surface area contributed by atoms with E-state index in [0.717, 1.165) is 29.3 Å². The molecule has 0 spiro atoms. The first-order valence-corrected chi connectivity index (χ1v) is 5.24. The summed E-state index contributed by atoms with van der Waals surface area (Å²) in [5, 5.41) is 4.32. The summed E-state index contributed by atoms with van der Waals surface area (Å²) in [6, 6.07) is 3.72. The van der Waals surface area contributed by atoms with Gasteiger partial charge in [-0.1, -0.05) is 0 Å². The molecule has 0 radical (unpaired) electrons. The predicted molar refractivity (Wildman–Crippen MR) is 58.5 cm³/mol. The Hall–Kier alpha value is -1.35. The van der Waals surface area contributed by atoms with Crippen LogP contribution in [0.2, 0.25) is 0 Å². The molecule has 0 saturated heterocycles. The average Bonchev–Trinajstić information content (AvgIpc) is 2.67. The van der Waals surface area contributed by atoms with Crippen LogP contribution in [0.5, 0.6) is 0 Å². The lowest BCUT2D eigenvalue weighted by Crippen LogP contribution is -2.32. The van der Waals surface area contributed by atoms with Gasteiger partial charge in [0, 0.05) is 23.1 Å². The smallest absolute Gasteiger partial charge is 0.127 e. The van der Waals surface area contributed by atoms with Crippen molar-refractivity contribution in [3.8, 4) is 0 Å². The minimum Gasteiger partial charge on any atom is -0.361 e. The van der Waals surface area contributed by atoms with Gasteiger partial charge in [0.2, 0.25) is 0 Å². The fourth-order valence-electron chi connectivity index (χ4n) is 2.50. The number of rotatable bonds is 1. The molecule has 1 aliphatic carbocycles. The molecule has 0 fully saturated rings. The van der Waals surface area contributed by atoms with Gasteiger partial charge >= 0.3 is 0 Å². The van der Waals surface area contributed by atoms with Crippen LogP contribution in [0.25, 0.3) is 10.9 Å². The van der Waals surface area contributed by atoms with Gasteiger partial charge in [0.1, 0.15) is 5.82 Å². The van der Waals surface area contributed by atoms with E-state index in [4.69, 9.17) is 0 Å². The van der Waals surface area contributed by atoms with E-state index in [-0.39, 0.29) is 5.82 Å². The number of halogens is 1. The highest BCUT2D eigenvalue weighted by atomic mass is 19.1. The van der Waals surface area contributed by atoms with Crippen LogP contribution < -0.4 is 5.32 Å². The van der Waals surface area contributed by atoms with Crippen molar-refractivity contribution in [2.24, 2.45) is 0 Å². The van der Waals surface area contributed by atoms with Crippen molar-refractivity contribution >= 4 is 10.9 Å². The van der Waals surface area contributed by atoms with Gasteiger partial charge in [-0.15, -0.1) is 0 Å². The summed E-state index contributed by atoms with van der Waals surface area (Å²) in [6.07, 6.45) is 3.76. The molecule has 3 rings (SSSR count). The van der Waals surface area contributed by atoms with Crippen LogP contribution in [0.15, 0.2) is 18.3 Å². The number of aromatic amines is 1. The van der Waals surface area contributed by atoms with Crippen molar-refractivity contribution in [3.63, 3.8) is 0 Å². The zero-order valence-corrected chi connectivity index (χ0v) is 8.60. The van der Waals surface area contributed by atoms with Crippen LogP contribution in [0.4, 0.5) is 4.39 Å². The lowest BCUT2D eigenvalue weighted by molar-refractivity contribution is 0.527. The summed E-state index contributed by atoms with van der Waals surface area (Å²) < 4.78 is 13.7. The van der Waals surface area contributed by atoms with Crippen molar-refractivity contribution in [1.29, 1.82) is 0 Å². The Kier molecular flexibility index (Phi) is 1.83. The summed E-state index contributed by atoms with van der Waals surface area (Å²) in [5.74, 6) is -0.0803. The summed E-state index contributed by atoms with van der Waals surface area (Å²) in [7, 11) is 1.93. The zero-order valence-electron chi connectivity index (χ0n) is 8.60. The first-order chi connectivity index (χ1) is 7.29. The lowest BCUT2D eigenvalue weighted by Gasteiger charge is -2.22. The molecule has 1 unspecified atom stereocenters. The summed E-state index contributed by atoms with van der Waals surface area (Å²) in [6.45, 7) is 0. The highest BCUT2D eigenvalue weighted by molar-refractivity contribution is 5.87. The van der Waals surface area contributed by atoms with Gasteiger partial charge < -0.3 is 10.3 Å². The molecule has 2 N–H and O–H groups in total. The van der Waals surface area contributed by atoms with E-state index in [1.165, 1.54) is 5.56 Å². The third kappa shape index (κ3) is 1.20. The lowest BCUT2D eigenvalue weighted by atomic mass is 9.89. The second kappa shape index (κ2) is 3.07. The Balaban J connectivity index is 2.28. The normalized spacial score (nSPS) is 19.7. The van der Waals surface area contributed by atoms with Gasteiger partial charge in [-0.25, -0.2) is 4.39 Å². The van der Waals surface area contributed by atoms with Crippen LogP contribution in [-0.2, 0) is 12.8 Å². The number of likely N-dealkylation sites (N-methyl/N-ethyl adjacent to an activating group) is 1. The highest BCUT2D eigenvalue weighted by Gasteiger charge is 2.22. The fourth-order valence-corrected chi connectivity index (χ4v) is 2.50. The number of hydrogen-bond donors (Lipinski definition) is 2. The van der Waals surface area contributed by atoms with E-state index in [1.54, 1.807) is 6.07 Å². The van der Waals surface area contributed by atoms with Crippen molar-refractivity contribution in [3.05, 3.63) is 35.3 Å². The van der Waals surface area contributed by atoms with Crippen molar-refractivity contribution in [1.82, 2.24) is 10.3 Å². The summed E-state index contributed by atoms with van der Waals surface area (Å²) >= 11 is 0. The maximum absolute atomic E-state index is 13.7. The second-order valence-electron chi connectivity index (χ2n) is 4.16. The molecule has 1 aliphatic rings. The van der Waals surface area contributed by atoms with Crippen molar-refractivity contribution in [2.75, 3.05) is 7.05 Å². The maximum atomic E-state index is 13.7. The van der Waals surface area contributed by atoms with E-state index in [2.05, 4.69) is 10.3 Å². The van der Waals surface area contributed by atoms with Crippen LogP contribution in [-0.4, -0.2) is 18.1 Å². The van der Waals surface area contributed by atoms with Crippen molar-refractivity contribution in [2.45, 2.75) is 18.9 Å². The van der Waals surface area contributed by atoms with Crippen molar-refractivity contribution < 1.29 is 4.39 Å². The third-order valence-corrected chi connectivity index (χ3v) is 3.30. The summed E-state index contributed by atoms with van der Waals surface area (Å²) in [4.78, 5) is 3.20. The average molecular weight is 204 g/mol. The molecular weight excluding hydrogens is 191 g/mol. The van der Waals surface area contributed by atoms with E-state index in [1.807, 2.05) is 19.3 Å². The van der Waals surface area contributed by atoms with Gasteiger partial charge in [-0.3, -0.25) is 0 Å². The molecule has 3 heteroatoms. The van der Waals surface area contributed by atoms with Gasteiger partial charge in [-0.2, -0.15) is 0 Å². The molecule has 1 atom stereocenters. The molecule has 2 nitrogen and oxygen atoms in total. The molecular formula is C12H13FN2. The number of nitrogens with one attached hydrogen (secondary N) is 2. The highest BCUT2D eigenvalue weighted by Crippen LogP contribution is 2.31. The second-order valence-corrected chi connectivity index (χ2v) is 4.16. The predicted octanol–water partition coefficient (Wildman–Crippen LogP) is 1.99. The van der Waals surface area contributed by atoms with E-state index in [0.29, 0.717) is 6.04 Å². The Labute approximate surface area is 87.5 Å². The standard InChI is InChI=1S/C12H13FN2/c1-14-8-4-7-6-15-11-3-2-10(13)9(5-8)12(7)11/h2-3,6,8,14-15H,4-5H2,1H3. The molecule has 1 aromatic carbocycles. The first-order valence-electron chi connectivity index (χ1n) is 5.24. The monoisotopic (exact) mass is 204 g/mol. The Morgan fingerprint density at radius 2 is 2.27 bits per heavy atom. The molecule has 1 heterocycles. The molecule has 78 valence electrons. The van der Waals surface area contributed by atoms with Gasteiger partial charge in [0.25, 0.3) is 0 Å². The quantitative estimate of drug-likeness (QED) is 0.730. The Morgan fingerprint density at radius 1 is 1.40 bits per heavy atom. The molecule has 0 bridgehead atoms. The summed E-state index contributed by atoms with van der Waals surface area (Å²) in [5.41, 5.74) is 3.13. The number of benzene rings is 1. The fraction of sp³-hybridized carbons (Fsp3) is 0.333. The number of hydrogen-bond acceptors (Lipinski definition) is 1. The first kappa shape index (κ1) is 8.92. The Morgan fingerprint density at radius 3 is 3.07 bits per heavy atom. The molecule has 1 aromatic heterocycles. The SMILES string of the molecule is CNC1Cc2c[nH]c3ccc(F)c(c23)C1. The zero-order chi connectivity index (χ0) is 10.4. The van der Waals surface area contributed by atoms with E-state index >= 15 is 0 Å². The molecule has 0 saturated carbocycles. The van der Waals surface area contributed by atoms with Crippen LogP contribution in [0.3, 0.4) is 0 Å². The largest absolute Gasteiger partial charge is 0.361 e. The van der Waals surface area contributed by atoms with E-state index < -0.39 is 0 Å². The van der Waals surface area contributed by atoms with Crippen LogP contribution in [0.1, 0.15) is 11.1 Å². The van der Waals surface area contributed by atoms with Gasteiger partial charge in [-0.05, 0) is 43.1 Å². The van der Waals surface area contributed by atoms with Crippen LogP contribution >= 0.6 is 0 Å². The minimum atomic E-state index is -0.0803. The molecule has 0 amide bonds. The number of H-pyrrole nitrogens is 1.